The highest BCUT2D eigenvalue weighted by Crippen LogP contribution is 1.97. The maximum Gasteiger partial charge on any atom is 0.0466 e. The van der Waals surface area contributed by atoms with Crippen molar-refractivity contribution in [2.75, 3.05) is 33.4 Å². The van der Waals surface area contributed by atoms with Gasteiger partial charge in [0.2, 0.25) is 0 Å². The van der Waals surface area contributed by atoms with E-state index in [2.05, 4.69) is 25.8 Å². The second-order valence-electron chi connectivity index (χ2n) is 4.33. The molecule has 0 aliphatic heterocycles. The molecule has 15 heavy (non-hydrogen) atoms. The monoisotopic (exact) mass is 215 g/mol. The van der Waals surface area contributed by atoms with E-state index < -0.39 is 0 Å². The highest BCUT2D eigenvalue weighted by molar-refractivity contribution is 4.50. The third-order valence-electron chi connectivity index (χ3n) is 2.58. The minimum absolute atomic E-state index is 0.948. The van der Waals surface area contributed by atoms with Crippen LogP contribution in [0.1, 0.15) is 52.4 Å². The molecule has 0 bridgehead atoms. The van der Waals surface area contributed by atoms with Crippen molar-refractivity contribution < 1.29 is 4.74 Å². The summed E-state index contributed by atoms with van der Waals surface area (Å²) in [6.07, 6.45) is 7.55. The first kappa shape index (κ1) is 14.9. The molecule has 0 atom stereocenters. The lowest BCUT2D eigenvalue weighted by molar-refractivity contribution is 0.124. The molecule has 0 N–H and O–H groups in total. The van der Waals surface area contributed by atoms with Crippen LogP contribution >= 0.6 is 0 Å². The highest BCUT2D eigenvalue weighted by atomic mass is 16.5. The Morgan fingerprint density at radius 1 is 0.800 bits per heavy atom. The van der Waals surface area contributed by atoms with Gasteiger partial charge in [-0.15, -0.1) is 0 Å². The van der Waals surface area contributed by atoms with Gasteiger partial charge >= 0.3 is 0 Å². The average molecular weight is 215 g/mol. The first-order valence-electron chi connectivity index (χ1n) is 6.57. The largest absolute Gasteiger partial charge is 0.381 e. The molecule has 2 nitrogen and oxygen atoms in total. The molecule has 0 saturated heterocycles. The molecule has 2 heteroatoms. The molecule has 92 valence electrons. The predicted molar refractivity (Wildman–Crippen MR) is 67.4 cm³/mol. The molecule has 0 aromatic rings. The molecule has 0 radical (unpaired) electrons. The molecule has 0 unspecified atom stereocenters. The van der Waals surface area contributed by atoms with Crippen molar-refractivity contribution in [2.45, 2.75) is 52.4 Å². The van der Waals surface area contributed by atoms with E-state index >= 15 is 0 Å². The summed E-state index contributed by atoms with van der Waals surface area (Å²) < 4.78 is 5.56. The van der Waals surface area contributed by atoms with Gasteiger partial charge in [-0.05, 0) is 45.8 Å². The zero-order valence-electron chi connectivity index (χ0n) is 10.9. The molecule has 0 fully saturated rings. The van der Waals surface area contributed by atoms with Crippen LogP contribution in [0.3, 0.4) is 0 Å². The third kappa shape index (κ3) is 11.8. The summed E-state index contributed by atoms with van der Waals surface area (Å²) in [7, 11) is 2.20. The highest BCUT2D eigenvalue weighted by Gasteiger charge is 1.96. The number of hydrogen-bond donors (Lipinski definition) is 0. The van der Waals surface area contributed by atoms with Gasteiger partial charge in [-0.2, -0.15) is 0 Å². The Hall–Kier alpha value is -0.0800. The Bertz CT molecular complexity index is 117. The number of unbranched alkanes of at least 4 members (excludes halogenated alkanes) is 3. The second kappa shape index (κ2) is 12.0. The Kier molecular flexibility index (Phi) is 11.9. The van der Waals surface area contributed by atoms with Crippen molar-refractivity contribution in [1.82, 2.24) is 4.90 Å². The van der Waals surface area contributed by atoms with Crippen LogP contribution in [-0.4, -0.2) is 38.3 Å². The fourth-order valence-electron chi connectivity index (χ4n) is 1.64. The van der Waals surface area contributed by atoms with E-state index in [0.717, 1.165) is 13.2 Å². The first-order chi connectivity index (χ1) is 7.31. The lowest BCUT2D eigenvalue weighted by Gasteiger charge is -2.14. The molecule has 0 aliphatic carbocycles. The topological polar surface area (TPSA) is 12.5 Å². The summed E-state index contributed by atoms with van der Waals surface area (Å²) in [5.41, 5.74) is 0. The number of ether oxygens (including phenoxy) is 1. The third-order valence-corrected chi connectivity index (χ3v) is 2.58. The molecule has 0 aromatic carbocycles. The first-order valence-corrected chi connectivity index (χ1v) is 6.57. The lowest BCUT2D eigenvalue weighted by Crippen LogP contribution is -2.20. The van der Waals surface area contributed by atoms with Gasteiger partial charge in [0, 0.05) is 13.2 Å². The van der Waals surface area contributed by atoms with Gasteiger partial charge in [0.15, 0.2) is 0 Å². The van der Waals surface area contributed by atoms with Gasteiger partial charge in [-0.1, -0.05) is 26.7 Å². The van der Waals surface area contributed by atoms with Crippen LogP contribution in [0.2, 0.25) is 0 Å². The van der Waals surface area contributed by atoms with Crippen LogP contribution in [-0.2, 0) is 4.74 Å². The summed E-state index contributed by atoms with van der Waals surface area (Å²) in [4.78, 5) is 2.40. The van der Waals surface area contributed by atoms with Crippen molar-refractivity contribution in [3.8, 4) is 0 Å². The van der Waals surface area contributed by atoms with Crippen LogP contribution in [0.4, 0.5) is 0 Å². The summed E-state index contributed by atoms with van der Waals surface area (Å²) in [6, 6.07) is 0. The van der Waals surface area contributed by atoms with Crippen molar-refractivity contribution in [1.29, 1.82) is 0 Å². The van der Waals surface area contributed by atoms with Gasteiger partial charge in [0.25, 0.3) is 0 Å². The van der Waals surface area contributed by atoms with E-state index in [1.165, 1.54) is 51.6 Å². The molecule has 0 saturated carbocycles. The number of rotatable bonds is 11. The fraction of sp³-hybridized carbons (Fsp3) is 1.00. The van der Waals surface area contributed by atoms with E-state index in [1.54, 1.807) is 0 Å². The van der Waals surface area contributed by atoms with Crippen molar-refractivity contribution in [3.05, 3.63) is 0 Å². The van der Waals surface area contributed by atoms with E-state index in [1.807, 2.05) is 0 Å². The molecular weight excluding hydrogens is 186 g/mol. The standard InChI is InChI=1S/C13H29NO/c1-4-6-8-12-15-13-9-7-11-14(3)10-5-2/h4-13H2,1-3H3. The minimum Gasteiger partial charge on any atom is -0.381 e. The van der Waals surface area contributed by atoms with Crippen molar-refractivity contribution >= 4 is 0 Å². The fourth-order valence-corrected chi connectivity index (χ4v) is 1.64. The van der Waals surface area contributed by atoms with Gasteiger partial charge in [0.1, 0.15) is 0 Å². The summed E-state index contributed by atoms with van der Waals surface area (Å²) >= 11 is 0. The Labute approximate surface area is 96.0 Å². The normalized spacial score (nSPS) is 11.2. The molecular formula is C13H29NO. The van der Waals surface area contributed by atoms with E-state index in [9.17, 15) is 0 Å². The SMILES string of the molecule is CCCCCOCCCCN(C)CCC. The maximum atomic E-state index is 5.56. The van der Waals surface area contributed by atoms with Crippen LogP contribution in [0.5, 0.6) is 0 Å². The number of hydrogen-bond acceptors (Lipinski definition) is 2. The minimum atomic E-state index is 0.948. The molecule has 0 rings (SSSR count). The van der Waals surface area contributed by atoms with Gasteiger partial charge < -0.3 is 9.64 Å². The Balaban J connectivity index is 2.98. The Morgan fingerprint density at radius 2 is 1.47 bits per heavy atom. The van der Waals surface area contributed by atoms with Crippen LogP contribution in [0.15, 0.2) is 0 Å². The van der Waals surface area contributed by atoms with Crippen molar-refractivity contribution in [3.63, 3.8) is 0 Å². The zero-order valence-corrected chi connectivity index (χ0v) is 10.9. The average Bonchev–Trinajstić information content (AvgIpc) is 2.22. The summed E-state index contributed by atoms with van der Waals surface area (Å²) in [6.45, 7) is 8.79. The van der Waals surface area contributed by atoms with Crippen LogP contribution < -0.4 is 0 Å². The smallest absolute Gasteiger partial charge is 0.0466 e. The summed E-state index contributed by atoms with van der Waals surface area (Å²) in [5.74, 6) is 0. The van der Waals surface area contributed by atoms with E-state index in [-0.39, 0.29) is 0 Å². The molecule has 0 spiro atoms. The van der Waals surface area contributed by atoms with Crippen molar-refractivity contribution in [2.24, 2.45) is 0 Å². The van der Waals surface area contributed by atoms with E-state index in [4.69, 9.17) is 4.74 Å². The maximum absolute atomic E-state index is 5.56. The molecule has 0 heterocycles. The quantitative estimate of drug-likeness (QED) is 0.490. The Morgan fingerprint density at radius 3 is 2.07 bits per heavy atom. The van der Waals surface area contributed by atoms with Crippen LogP contribution in [0.25, 0.3) is 0 Å². The second-order valence-corrected chi connectivity index (χ2v) is 4.33. The number of nitrogens with zero attached hydrogens (tertiary/aromatic N) is 1. The zero-order chi connectivity index (χ0) is 11.4. The van der Waals surface area contributed by atoms with Gasteiger partial charge in [0.05, 0.1) is 0 Å². The predicted octanol–water partition coefficient (Wildman–Crippen LogP) is 3.32. The van der Waals surface area contributed by atoms with Crippen LogP contribution in [0, 0.1) is 0 Å². The molecule has 0 aliphatic rings. The lowest BCUT2D eigenvalue weighted by atomic mass is 10.2. The molecule has 0 aromatic heterocycles. The van der Waals surface area contributed by atoms with Gasteiger partial charge in [-0.25, -0.2) is 0 Å². The van der Waals surface area contributed by atoms with E-state index in [0.29, 0.717) is 0 Å². The summed E-state index contributed by atoms with van der Waals surface area (Å²) in [5, 5.41) is 0. The molecule has 0 amide bonds. The van der Waals surface area contributed by atoms with Gasteiger partial charge in [-0.3, -0.25) is 0 Å².